The first kappa shape index (κ1) is 7.35. The van der Waals surface area contributed by atoms with Crippen molar-refractivity contribution in [2.75, 3.05) is 12.3 Å². The van der Waals surface area contributed by atoms with Gasteiger partial charge in [0.1, 0.15) is 5.82 Å². The number of nitrogen functional groups attached to an aromatic ring is 1. The van der Waals surface area contributed by atoms with Crippen LogP contribution in [0.5, 0.6) is 6.01 Å². The third kappa shape index (κ3) is 2.14. The Morgan fingerprint density at radius 2 is 2.55 bits per heavy atom. The van der Waals surface area contributed by atoms with Crippen LogP contribution in [0.15, 0.2) is 12.3 Å². The second-order valence-corrected chi connectivity index (χ2v) is 1.76. The molecule has 0 saturated heterocycles. The molecule has 1 heterocycles. The van der Waals surface area contributed by atoms with Crippen LogP contribution in [0.3, 0.4) is 0 Å². The maximum absolute atomic E-state index is 5.35. The average molecular weight is 149 g/mol. The van der Waals surface area contributed by atoms with Crippen LogP contribution in [0.25, 0.3) is 0 Å². The van der Waals surface area contributed by atoms with E-state index in [-0.39, 0.29) is 12.6 Å². The quantitative estimate of drug-likeness (QED) is 0.604. The topological polar surface area (TPSA) is 61.0 Å². The smallest absolute Gasteiger partial charge is 0.319 e. The zero-order valence-electron chi connectivity index (χ0n) is 5.82. The van der Waals surface area contributed by atoms with Crippen molar-refractivity contribution in [3.63, 3.8) is 0 Å². The highest BCUT2D eigenvalue weighted by Gasteiger charge is 1.94. The van der Waals surface area contributed by atoms with E-state index >= 15 is 0 Å². The fourth-order valence-electron chi connectivity index (χ4n) is 0.530. The minimum Gasteiger partial charge on any atom is -0.450 e. The van der Waals surface area contributed by atoms with Crippen molar-refractivity contribution in [3.8, 4) is 18.4 Å². The molecule has 0 aromatic carbocycles. The van der Waals surface area contributed by atoms with Gasteiger partial charge in [0.05, 0.1) is 0 Å². The van der Waals surface area contributed by atoms with Gasteiger partial charge in [-0.25, -0.2) is 4.98 Å². The van der Waals surface area contributed by atoms with E-state index in [9.17, 15) is 0 Å². The molecule has 1 rings (SSSR count). The number of nitrogens with zero attached hydrogens (tertiary/aromatic N) is 2. The number of ether oxygens (including phenoxy) is 1. The van der Waals surface area contributed by atoms with E-state index in [2.05, 4.69) is 15.9 Å². The molecule has 0 amide bonds. The lowest BCUT2D eigenvalue weighted by Crippen LogP contribution is -2.00. The molecule has 0 aliphatic rings. The lowest BCUT2D eigenvalue weighted by atomic mass is 10.6. The van der Waals surface area contributed by atoms with Crippen molar-refractivity contribution < 1.29 is 4.74 Å². The van der Waals surface area contributed by atoms with E-state index < -0.39 is 0 Å². The zero-order chi connectivity index (χ0) is 8.10. The fourth-order valence-corrected chi connectivity index (χ4v) is 0.530. The van der Waals surface area contributed by atoms with Gasteiger partial charge in [-0.05, 0) is 6.07 Å². The van der Waals surface area contributed by atoms with Crippen LogP contribution in [0.4, 0.5) is 5.82 Å². The highest BCUT2D eigenvalue weighted by Crippen LogP contribution is 2.02. The van der Waals surface area contributed by atoms with Gasteiger partial charge in [-0.3, -0.25) is 0 Å². The Morgan fingerprint density at radius 1 is 1.73 bits per heavy atom. The standard InChI is InChI=1S/C7H7N3O/c1-2-5-11-7-9-4-3-6(8)10-7/h1,3-4H,5H2,(H2,8,9,10). The molecule has 0 bridgehead atoms. The molecule has 0 spiro atoms. The lowest BCUT2D eigenvalue weighted by Gasteiger charge is -1.98. The van der Waals surface area contributed by atoms with Crippen molar-refractivity contribution in [2.24, 2.45) is 0 Å². The van der Waals surface area contributed by atoms with Crippen molar-refractivity contribution in [1.82, 2.24) is 9.97 Å². The third-order valence-electron chi connectivity index (χ3n) is 0.940. The first-order valence-corrected chi connectivity index (χ1v) is 2.97. The van der Waals surface area contributed by atoms with Crippen LogP contribution in [0.2, 0.25) is 0 Å². The van der Waals surface area contributed by atoms with Crippen molar-refractivity contribution in [3.05, 3.63) is 12.3 Å². The predicted octanol–water partition coefficient (Wildman–Crippen LogP) is 0.0708. The van der Waals surface area contributed by atoms with Gasteiger partial charge >= 0.3 is 6.01 Å². The van der Waals surface area contributed by atoms with Crippen molar-refractivity contribution >= 4 is 5.82 Å². The van der Waals surface area contributed by atoms with E-state index in [0.717, 1.165) is 0 Å². The van der Waals surface area contributed by atoms with Gasteiger partial charge in [-0.2, -0.15) is 4.98 Å². The van der Waals surface area contributed by atoms with Gasteiger partial charge < -0.3 is 10.5 Å². The minimum atomic E-state index is 0.156. The monoisotopic (exact) mass is 149 g/mol. The SMILES string of the molecule is C#CCOc1nccc(N)n1. The summed E-state index contributed by atoms with van der Waals surface area (Å²) in [5, 5.41) is 0. The van der Waals surface area contributed by atoms with Crippen LogP contribution >= 0.6 is 0 Å². The Hall–Kier alpha value is -1.76. The summed E-state index contributed by atoms with van der Waals surface area (Å²) in [4.78, 5) is 7.53. The van der Waals surface area contributed by atoms with Gasteiger partial charge in [-0.1, -0.05) is 5.92 Å². The van der Waals surface area contributed by atoms with Crippen LogP contribution in [-0.4, -0.2) is 16.6 Å². The molecule has 4 nitrogen and oxygen atoms in total. The molecule has 0 fully saturated rings. The molecule has 4 heteroatoms. The van der Waals surface area contributed by atoms with Crippen LogP contribution in [0.1, 0.15) is 0 Å². The normalized spacial score (nSPS) is 8.64. The summed E-state index contributed by atoms with van der Waals surface area (Å²) in [7, 11) is 0. The number of anilines is 1. The summed E-state index contributed by atoms with van der Waals surface area (Å²) in [6, 6.07) is 1.78. The molecule has 1 aromatic rings. The summed E-state index contributed by atoms with van der Waals surface area (Å²) in [6.07, 6.45) is 6.46. The summed E-state index contributed by atoms with van der Waals surface area (Å²) < 4.78 is 4.90. The molecule has 2 N–H and O–H groups in total. The van der Waals surface area contributed by atoms with Gasteiger partial charge in [0.25, 0.3) is 0 Å². The molecule has 11 heavy (non-hydrogen) atoms. The van der Waals surface area contributed by atoms with Crippen molar-refractivity contribution in [1.29, 1.82) is 0 Å². The van der Waals surface area contributed by atoms with E-state index in [4.69, 9.17) is 16.9 Å². The number of hydrogen-bond acceptors (Lipinski definition) is 4. The molecule has 0 saturated carbocycles. The number of aromatic nitrogens is 2. The highest BCUT2D eigenvalue weighted by atomic mass is 16.5. The summed E-state index contributed by atoms with van der Waals surface area (Å²) in [6.45, 7) is 0.156. The van der Waals surface area contributed by atoms with E-state index in [0.29, 0.717) is 5.82 Å². The second-order valence-electron chi connectivity index (χ2n) is 1.76. The molecule has 0 atom stereocenters. The Labute approximate surface area is 64.4 Å². The zero-order valence-corrected chi connectivity index (χ0v) is 5.82. The Kier molecular flexibility index (Phi) is 2.28. The molecule has 0 aliphatic heterocycles. The third-order valence-corrected chi connectivity index (χ3v) is 0.940. The molecular formula is C7H7N3O. The van der Waals surface area contributed by atoms with Crippen LogP contribution in [0, 0.1) is 12.3 Å². The van der Waals surface area contributed by atoms with E-state index in [1.54, 1.807) is 6.07 Å². The van der Waals surface area contributed by atoms with Gasteiger partial charge in [0.2, 0.25) is 0 Å². The van der Waals surface area contributed by atoms with Gasteiger partial charge in [-0.15, -0.1) is 6.42 Å². The number of terminal acetylenes is 1. The van der Waals surface area contributed by atoms with Gasteiger partial charge in [0, 0.05) is 6.20 Å². The van der Waals surface area contributed by atoms with E-state index in [1.165, 1.54) is 6.20 Å². The molecule has 56 valence electrons. The average Bonchev–Trinajstić information content (AvgIpc) is 2.01. The molecular weight excluding hydrogens is 142 g/mol. The number of rotatable bonds is 2. The second kappa shape index (κ2) is 3.42. The molecule has 0 aliphatic carbocycles. The maximum Gasteiger partial charge on any atom is 0.319 e. The Balaban J connectivity index is 2.65. The Bertz CT molecular complexity index is 279. The summed E-state index contributed by atoms with van der Waals surface area (Å²) in [5.41, 5.74) is 5.35. The molecule has 0 radical (unpaired) electrons. The summed E-state index contributed by atoms with van der Waals surface area (Å²) in [5.74, 6) is 2.66. The van der Waals surface area contributed by atoms with Crippen LogP contribution < -0.4 is 10.5 Å². The molecule has 0 unspecified atom stereocenters. The highest BCUT2D eigenvalue weighted by molar-refractivity contribution is 5.26. The van der Waals surface area contributed by atoms with E-state index in [1.807, 2.05) is 0 Å². The first-order valence-electron chi connectivity index (χ1n) is 2.97. The van der Waals surface area contributed by atoms with Crippen molar-refractivity contribution in [2.45, 2.75) is 0 Å². The molecule has 1 aromatic heterocycles. The predicted molar refractivity (Wildman–Crippen MR) is 40.8 cm³/mol. The first-order chi connectivity index (χ1) is 5.33. The summed E-state index contributed by atoms with van der Waals surface area (Å²) >= 11 is 0. The lowest BCUT2D eigenvalue weighted by molar-refractivity contribution is 0.340. The van der Waals surface area contributed by atoms with Crippen LogP contribution in [-0.2, 0) is 0 Å². The number of hydrogen-bond donors (Lipinski definition) is 1. The Morgan fingerprint density at radius 3 is 3.18 bits per heavy atom. The number of nitrogens with two attached hydrogens (primary N) is 1. The maximum atomic E-state index is 5.35. The van der Waals surface area contributed by atoms with Gasteiger partial charge in [0.15, 0.2) is 6.61 Å². The largest absolute Gasteiger partial charge is 0.450 e. The fraction of sp³-hybridized carbons (Fsp3) is 0.143. The minimum absolute atomic E-state index is 0.156.